The molecule has 17 heavy (non-hydrogen) atoms. The van der Waals surface area contributed by atoms with E-state index >= 15 is 0 Å². The van der Waals surface area contributed by atoms with Crippen LogP contribution in [-0.4, -0.2) is 25.0 Å². The van der Waals surface area contributed by atoms with Gasteiger partial charge in [-0.1, -0.05) is 6.07 Å². The van der Waals surface area contributed by atoms with Crippen LogP contribution in [0.2, 0.25) is 0 Å². The first-order valence-electron chi connectivity index (χ1n) is 6.03. The highest BCUT2D eigenvalue weighted by atomic mass is 19.1. The third-order valence-electron chi connectivity index (χ3n) is 3.03. The molecule has 1 saturated heterocycles. The Labute approximate surface area is 100 Å². The van der Waals surface area contributed by atoms with Crippen LogP contribution in [0.5, 0.6) is 0 Å². The number of rotatable bonds is 4. The Balaban J connectivity index is 1.77. The van der Waals surface area contributed by atoms with E-state index in [2.05, 4.69) is 10.6 Å². The lowest BCUT2D eigenvalue weighted by Gasteiger charge is -2.10. The summed E-state index contributed by atoms with van der Waals surface area (Å²) >= 11 is 0. The first kappa shape index (κ1) is 12.0. The van der Waals surface area contributed by atoms with Crippen LogP contribution in [0.25, 0.3) is 0 Å². The number of hydrogen-bond acceptors (Lipinski definition) is 2. The highest BCUT2D eigenvalue weighted by Gasteiger charge is 2.14. The van der Waals surface area contributed by atoms with Gasteiger partial charge in [0.25, 0.3) is 5.91 Å². The third kappa shape index (κ3) is 3.53. The molecular formula is C13H17FN2O. The van der Waals surface area contributed by atoms with Crippen molar-refractivity contribution >= 4 is 5.91 Å². The van der Waals surface area contributed by atoms with E-state index in [4.69, 9.17) is 0 Å². The fourth-order valence-corrected chi connectivity index (χ4v) is 2.09. The van der Waals surface area contributed by atoms with Gasteiger partial charge in [0, 0.05) is 18.2 Å². The molecule has 1 atom stereocenters. The normalized spacial score (nSPS) is 19.2. The summed E-state index contributed by atoms with van der Waals surface area (Å²) in [7, 11) is 0. The van der Waals surface area contributed by atoms with Gasteiger partial charge in [-0.2, -0.15) is 0 Å². The summed E-state index contributed by atoms with van der Waals surface area (Å²) in [6.45, 7) is 1.70. The highest BCUT2D eigenvalue weighted by molar-refractivity contribution is 5.94. The lowest BCUT2D eigenvalue weighted by Crippen LogP contribution is -2.30. The maximum Gasteiger partial charge on any atom is 0.251 e. The number of amides is 1. The summed E-state index contributed by atoms with van der Waals surface area (Å²) in [5, 5.41) is 6.18. The predicted octanol–water partition coefficient (Wildman–Crippen LogP) is 1.70. The van der Waals surface area contributed by atoms with Gasteiger partial charge >= 0.3 is 0 Å². The molecule has 0 bridgehead atoms. The largest absolute Gasteiger partial charge is 0.352 e. The molecule has 2 N–H and O–H groups in total. The smallest absolute Gasteiger partial charge is 0.251 e. The lowest BCUT2D eigenvalue weighted by atomic mass is 10.1. The Bertz CT molecular complexity index is 389. The third-order valence-corrected chi connectivity index (χ3v) is 3.03. The fourth-order valence-electron chi connectivity index (χ4n) is 2.09. The molecule has 1 aromatic rings. The van der Waals surface area contributed by atoms with E-state index in [0.29, 0.717) is 18.2 Å². The van der Waals surface area contributed by atoms with E-state index in [1.54, 1.807) is 12.1 Å². The van der Waals surface area contributed by atoms with Crippen LogP contribution in [0, 0.1) is 5.82 Å². The molecule has 3 nitrogen and oxygen atoms in total. The standard InChI is InChI=1S/C13H17FN2O/c14-11-4-1-3-10(9-11)13(17)16-8-6-12-5-2-7-15-12/h1,3-4,9,12,15H,2,5-8H2,(H,16,17)/t12-/m1/s1. The molecule has 1 fully saturated rings. The lowest BCUT2D eigenvalue weighted by molar-refractivity contribution is 0.0952. The zero-order valence-electron chi connectivity index (χ0n) is 9.71. The van der Waals surface area contributed by atoms with Gasteiger partial charge in [-0.3, -0.25) is 4.79 Å². The monoisotopic (exact) mass is 236 g/mol. The van der Waals surface area contributed by atoms with Crippen molar-refractivity contribution in [2.24, 2.45) is 0 Å². The van der Waals surface area contributed by atoms with Gasteiger partial charge in [0.2, 0.25) is 0 Å². The van der Waals surface area contributed by atoms with E-state index < -0.39 is 0 Å². The van der Waals surface area contributed by atoms with Gasteiger partial charge in [-0.25, -0.2) is 4.39 Å². The number of nitrogens with one attached hydrogen (secondary N) is 2. The zero-order valence-corrected chi connectivity index (χ0v) is 9.71. The van der Waals surface area contributed by atoms with Crippen molar-refractivity contribution in [2.75, 3.05) is 13.1 Å². The fraction of sp³-hybridized carbons (Fsp3) is 0.462. The van der Waals surface area contributed by atoms with Crippen LogP contribution in [0.3, 0.4) is 0 Å². The Hall–Kier alpha value is -1.42. The second-order valence-electron chi connectivity index (χ2n) is 4.35. The van der Waals surface area contributed by atoms with Crippen molar-refractivity contribution in [2.45, 2.75) is 25.3 Å². The van der Waals surface area contributed by atoms with Gasteiger partial charge in [-0.15, -0.1) is 0 Å². The molecular weight excluding hydrogens is 219 g/mol. The zero-order chi connectivity index (χ0) is 12.1. The minimum absolute atomic E-state index is 0.206. The maximum absolute atomic E-state index is 12.9. The Morgan fingerprint density at radius 1 is 1.53 bits per heavy atom. The van der Waals surface area contributed by atoms with Gasteiger partial charge in [-0.05, 0) is 44.0 Å². The van der Waals surface area contributed by atoms with Gasteiger partial charge < -0.3 is 10.6 Å². The molecule has 1 aliphatic heterocycles. The van der Waals surface area contributed by atoms with Crippen LogP contribution >= 0.6 is 0 Å². The summed E-state index contributed by atoms with van der Waals surface area (Å²) in [6.07, 6.45) is 3.32. The molecule has 2 rings (SSSR count). The molecule has 1 heterocycles. The first-order valence-corrected chi connectivity index (χ1v) is 6.03. The summed E-state index contributed by atoms with van der Waals surface area (Å²) in [5.74, 6) is -0.586. The maximum atomic E-state index is 12.9. The number of benzene rings is 1. The van der Waals surface area contributed by atoms with Crippen LogP contribution in [0.4, 0.5) is 4.39 Å². The summed E-state index contributed by atoms with van der Waals surface area (Å²) in [4.78, 5) is 11.7. The second kappa shape index (κ2) is 5.77. The van der Waals surface area contributed by atoms with Crippen LogP contribution in [0.1, 0.15) is 29.6 Å². The van der Waals surface area contributed by atoms with E-state index in [9.17, 15) is 9.18 Å². The molecule has 0 spiro atoms. The van der Waals surface area contributed by atoms with Crippen LogP contribution < -0.4 is 10.6 Å². The summed E-state index contributed by atoms with van der Waals surface area (Å²) in [6, 6.07) is 6.26. The molecule has 1 aromatic carbocycles. The van der Waals surface area contributed by atoms with E-state index in [-0.39, 0.29) is 11.7 Å². The van der Waals surface area contributed by atoms with E-state index in [0.717, 1.165) is 13.0 Å². The SMILES string of the molecule is O=C(NCC[C@H]1CCCN1)c1cccc(F)c1. The van der Waals surface area contributed by atoms with Gasteiger partial charge in [0.1, 0.15) is 5.82 Å². The minimum Gasteiger partial charge on any atom is -0.352 e. The van der Waals surface area contributed by atoms with Gasteiger partial charge in [0.05, 0.1) is 0 Å². The summed E-state index contributed by atoms with van der Waals surface area (Å²) in [5.41, 5.74) is 0.379. The van der Waals surface area contributed by atoms with E-state index in [1.807, 2.05) is 0 Å². The molecule has 0 radical (unpaired) electrons. The molecule has 4 heteroatoms. The predicted molar refractivity (Wildman–Crippen MR) is 64.4 cm³/mol. The quantitative estimate of drug-likeness (QED) is 0.835. The highest BCUT2D eigenvalue weighted by Crippen LogP contribution is 2.08. The number of halogens is 1. The number of carbonyl (C=O) groups excluding carboxylic acids is 1. The Morgan fingerprint density at radius 3 is 3.12 bits per heavy atom. The van der Waals surface area contributed by atoms with Crippen molar-refractivity contribution in [1.82, 2.24) is 10.6 Å². The summed E-state index contributed by atoms with van der Waals surface area (Å²) < 4.78 is 12.9. The van der Waals surface area contributed by atoms with Gasteiger partial charge in [0.15, 0.2) is 0 Å². The average Bonchev–Trinajstić information content (AvgIpc) is 2.82. The molecule has 1 aliphatic rings. The molecule has 0 unspecified atom stereocenters. The van der Waals surface area contributed by atoms with Crippen molar-refractivity contribution in [3.63, 3.8) is 0 Å². The second-order valence-corrected chi connectivity index (χ2v) is 4.35. The molecule has 1 amide bonds. The topological polar surface area (TPSA) is 41.1 Å². The first-order chi connectivity index (χ1) is 8.25. The van der Waals surface area contributed by atoms with Crippen molar-refractivity contribution in [3.8, 4) is 0 Å². The molecule has 0 saturated carbocycles. The van der Waals surface area contributed by atoms with Crippen molar-refractivity contribution < 1.29 is 9.18 Å². The van der Waals surface area contributed by atoms with Crippen LogP contribution in [0.15, 0.2) is 24.3 Å². The van der Waals surface area contributed by atoms with E-state index in [1.165, 1.54) is 25.0 Å². The Morgan fingerprint density at radius 2 is 2.41 bits per heavy atom. The van der Waals surface area contributed by atoms with Crippen LogP contribution in [-0.2, 0) is 0 Å². The minimum atomic E-state index is -0.380. The number of hydrogen-bond donors (Lipinski definition) is 2. The van der Waals surface area contributed by atoms with Crippen molar-refractivity contribution in [1.29, 1.82) is 0 Å². The molecule has 92 valence electrons. The molecule has 0 aliphatic carbocycles. The average molecular weight is 236 g/mol. The van der Waals surface area contributed by atoms with Crippen molar-refractivity contribution in [3.05, 3.63) is 35.6 Å². The number of carbonyl (C=O) groups is 1. The Kier molecular flexibility index (Phi) is 4.09. The molecule has 0 aromatic heterocycles.